The minimum absolute atomic E-state index is 0.159. The molecule has 0 aliphatic heterocycles. The van der Waals surface area contributed by atoms with E-state index in [1.165, 1.54) is 33.0 Å². The number of rotatable bonds is 5. The van der Waals surface area contributed by atoms with Crippen molar-refractivity contribution in [1.29, 1.82) is 0 Å². The van der Waals surface area contributed by atoms with Crippen LogP contribution in [0.3, 0.4) is 0 Å². The largest absolute Gasteiger partial charge is 0.456 e. The molecule has 0 saturated heterocycles. The van der Waals surface area contributed by atoms with Gasteiger partial charge in [0.2, 0.25) is 0 Å². The Bertz CT molecular complexity index is 3160. The lowest BCUT2D eigenvalue weighted by molar-refractivity contribution is 0.661. The van der Waals surface area contributed by atoms with Gasteiger partial charge in [-0.05, 0) is 97.7 Å². The topological polar surface area (TPSA) is 38.9 Å². The lowest BCUT2D eigenvalue weighted by Gasteiger charge is -2.22. The van der Waals surface area contributed by atoms with Crippen molar-refractivity contribution in [2.75, 3.05) is 0 Å². The van der Waals surface area contributed by atoms with Gasteiger partial charge in [0.15, 0.2) is 5.82 Å². The Kier molecular flexibility index (Phi) is 7.20. The van der Waals surface area contributed by atoms with Crippen molar-refractivity contribution >= 4 is 32.7 Å². The molecule has 0 fully saturated rings. The van der Waals surface area contributed by atoms with Crippen molar-refractivity contribution in [3.63, 3.8) is 0 Å². The van der Waals surface area contributed by atoms with E-state index in [0.717, 1.165) is 72.3 Å². The summed E-state index contributed by atoms with van der Waals surface area (Å²) in [6, 6.07) is 64.7. The summed E-state index contributed by atoms with van der Waals surface area (Å²) in [5.74, 6) is 0.700. The smallest absolute Gasteiger partial charge is 0.160 e. The third-order valence-corrected chi connectivity index (χ3v) is 11.7. The summed E-state index contributed by atoms with van der Waals surface area (Å²) < 4.78 is 6.50. The summed E-state index contributed by atoms with van der Waals surface area (Å²) in [7, 11) is 0. The van der Waals surface area contributed by atoms with E-state index in [9.17, 15) is 0 Å². The van der Waals surface area contributed by atoms with Crippen LogP contribution in [0.5, 0.6) is 0 Å². The van der Waals surface area contributed by atoms with Crippen LogP contribution in [0.15, 0.2) is 186 Å². The van der Waals surface area contributed by atoms with Crippen LogP contribution < -0.4 is 0 Å². The van der Waals surface area contributed by atoms with Gasteiger partial charge < -0.3 is 4.42 Å². The van der Waals surface area contributed by atoms with Crippen LogP contribution in [0.2, 0.25) is 0 Å². The maximum Gasteiger partial charge on any atom is 0.160 e. The molecule has 0 unspecified atom stereocenters. The number of hydrogen-bond acceptors (Lipinski definition) is 3. The van der Waals surface area contributed by atoms with Gasteiger partial charge in [-0.1, -0.05) is 153 Å². The lowest BCUT2D eigenvalue weighted by Crippen LogP contribution is -2.14. The van der Waals surface area contributed by atoms with Gasteiger partial charge in [-0.2, -0.15) is 0 Å². The van der Waals surface area contributed by atoms with Crippen LogP contribution in [0.4, 0.5) is 0 Å². The Hall–Kier alpha value is -7.10. The maximum atomic E-state index is 6.50. The van der Waals surface area contributed by atoms with Crippen molar-refractivity contribution in [2.45, 2.75) is 19.3 Å². The van der Waals surface area contributed by atoms with Crippen molar-refractivity contribution in [1.82, 2.24) is 9.97 Å². The summed E-state index contributed by atoms with van der Waals surface area (Å²) >= 11 is 0. The van der Waals surface area contributed by atoms with Gasteiger partial charge >= 0.3 is 0 Å². The lowest BCUT2D eigenvalue weighted by atomic mass is 9.81. The molecule has 2 heterocycles. The highest BCUT2D eigenvalue weighted by Crippen LogP contribution is 2.53. The monoisotopic (exact) mass is 716 g/mol. The third kappa shape index (κ3) is 5.12. The molecule has 0 bridgehead atoms. The second-order valence-corrected chi connectivity index (χ2v) is 15.4. The first kappa shape index (κ1) is 32.3. The van der Waals surface area contributed by atoms with Crippen LogP contribution in [0.25, 0.3) is 100.0 Å². The first-order valence-corrected chi connectivity index (χ1v) is 19.2. The van der Waals surface area contributed by atoms with Crippen molar-refractivity contribution in [2.24, 2.45) is 0 Å². The number of furan rings is 1. The predicted octanol–water partition coefficient (Wildman–Crippen LogP) is 14.2. The molecule has 3 nitrogen and oxygen atoms in total. The average Bonchev–Trinajstić information content (AvgIpc) is 3.74. The van der Waals surface area contributed by atoms with Gasteiger partial charge in [0.25, 0.3) is 0 Å². The fourth-order valence-electron chi connectivity index (χ4n) is 8.86. The van der Waals surface area contributed by atoms with E-state index in [0.29, 0.717) is 5.82 Å². The van der Waals surface area contributed by atoms with E-state index in [1.54, 1.807) is 0 Å². The normalized spacial score (nSPS) is 13.0. The zero-order valence-corrected chi connectivity index (χ0v) is 31.1. The van der Waals surface area contributed by atoms with E-state index in [2.05, 4.69) is 178 Å². The zero-order chi connectivity index (χ0) is 37.4. The zero-order valence-electron chi connectivity index (χ0n) is 31.1. The highest BCUT2D eigenvalue weighted by Gasteiger charge is 2.37. The Morgan fingerprint density at radius 2 is 1.07 bits per heavy atom. The molecule has 1 aliphatic carbocycles. The molecule has 264 valence electrons. The first-order valence-electron chi connectivity index (χ1n) is 19.2. The van der Waals surface area contributed by atoms with Gasteiger partial charge in [-0.25, -0.2) is 9.97 Å². The summed E-state index contributed by atoms with van der Waals surface area (Å²) in [6.07, 6.45) is 0. The highest BCUT2D eigenvalue weighted by atomic mass is 16.3. The van der Waals surface area contributed by atoms with E-state index in [4.69, 9.17) is 14.4 Å². The Morgan fingerprint density at radius 3 is 1.89 bits per heavy atom. The fourth-order valence-corrected chi connectivity index (χ4v) is 8.86. The summed E-state index contributed by atoms with van der Waals surface area (Å²) in [4.78, 5) is 10.6. The quantitative estimate of drug-likeness (QED) is 0.178. The first-order chi connectivity index (χ1) is 27.5. The molecule has 11 rings (SSSR count). The van der Waals surface area contributed by atoms with Gasteiger partial charge in [-0.15, -0.1) is 0 Å². The number of fused-ring (bicyclic) bond motifs is 7. The van der Waals surface area contributed by atoms with E-state index in [1.807, 2.05) is 18.2 Å². The molecule has 56 heavy (non-hydrogen) atoms. The minimum Gasteiger partial charge on any atom is -0.456 e. The van der Waals surface area contributed by atoms with Gasteiger partial charge in [0, 0.05) is 32.9 Å². The van der Waals surface area contributed by atoms with Gasteiger partial charge in [0.1, 0.15) is 11.2 Å². The van der Waals surface area contributed by atoms with Gasteiger partial charge in [0.05, 0.1) is 11.4 Å². The Morgan fingerprint density at radius 1 is 0.411 bits per heavy atom. The van der Waals surface area contributed by atoms with E-state index in [-0.39, 0.29) is 5.41 Å². The van der Waals surface area contributed by atoms with Crippen LogP contribution in [-0.4, -0.2) is 9.97 Å². The number of nitrogens with zero attached hydrogens (tertiary/aromatic N) is 2. The molecule has 3 heteroatoms. The number of benzene rings is 8. The molecule has 0 atom stereocenters. The molecular formula is C53H36N2O. The summed E-state index contributed by atoms with van der Waals surface area (Å²) in [6.45, 7) is 4.69. The standard InChI is InChI=1S/C53H36N2O/c1-53(2)44-25-14-24-40(50(44)43-28-35-19-9-10-20-36(35)30-45(43)53)47-32-46(54-52(55-47)34-17-7-4-8-18-34)38-22-13-21-37(27-38)42-29-39(33-15-5-3-6-16-33)31-49-51(42)41-23-11-12-26-48(41)56-49/h3-32H,1-2H3. The molecule has 10 aromatic rings. The summed E-state index contributed by atoms with van der Waals surface area (Å²) in [5, 5.41) is 4.72. The van der Waals surface area contributed by atoms with Crippen LogP contribution in [-0.2, 0) is 5.41 Å². The minimum atomic E-state index is -0.159. The number of aromatic nitrogens is 2. The van der Waals surface area contributed by atoms with Crippen LogP contribution in [0, 0.1) is 0 Å². The highest BCUT2D eigenvalue weighted by molar-refractivity contribution is 6.14. The van der Waals surface area contributed by atoms with Crippen molar-refractivity contribution < 1.29 is 4.42 Å². The average molecular weight is 717 g/mol. The molecule has 0 spiro atoms. The van der Waals surface area contributed by atoms with Crippen molar-refractivity contribution in [3.05, 3.63) is 193 Å². The van der Waals surface area contributed by atoms with Crippen molar-refractivity contribution in [3.8, 4) is 67.3 Å². The molecular weight excluding hydrogens is 681 g/mol. The molecule has 8 aromatic carbocycles. The molecule has 0 N–H and O–H groups in total. The van der Waals surface area contributed by atoms with E-state index < -0.39 is 0 Å². The molecule has 0 radical (unpaired) electrons. The Labute approximate surface area is 325 Å². The molecule has 1 aliphatic rings. The SMILES string of the molecule is CC1(C)c2cc3ccccc3cc2-c2c(-c3cc(-c4cccc(-c5cc(-c6ccccc6)cc6oc7ccccc7c56)c4)nc(-c4ccccc4)n3)cccc21. The molecule has 2 aromatic heterocycles. The molecule has 0 saturated carbocycles. The number of para-hydroxylation sites is 1. The van der Waals surface area contributed by atoms with Crippen LogP contribution >= 0.6 is 0 Å². The fraction of sp³-hybridized carbons (Fsp3) is 0.0566. The second-order valence-electron chi connectivity index (χ2n) is 15.4. The Balaban J connectivity index is 1.13. The maximum absolute atomic E-state index is 6.50. The van der Waals surface area contributed by atoms with E-state index >= 15 is 0 Å². The molecule has 0 amide bonds. The van der Waals surface area contributed by atoms with Crippen LogP contribution in [0.1, 0.15) is 25.0 Å². The van der Waals surface area contributed by atoms with Gasteiger partial charge in [-0.3, -0.25) is 0 Å². The second kappa shape index (κ2) is 12.5. The third-order valence-electron chi connectivity index (χ3n) is 11.7. The predicted molar refractivity (Wildman–Crippen MR) is 232 cm³/mol. The number of hydrogen-bond donors (Lipinski definition) is 0. The summed E-state index contributed by atoms with van der Waals surface area (Å²) in [5.41, 5.74) is 16.2.